The van der Waals surface area contributed by atoms with Crippen LogP contribution in [0.15, 0.2) is 28.7 Å². The van der Waals surface area contributed by atoms with Crippen molar-refractivity contribution in [3.63, 3.8) is 0 Å². The van der Waals surface area contributed by atoms with Crippen molar-refractivity contribution in [1.82, 2.24) is 4.90 Å². The molecule has 1 amide bonds. The first-order valence-corrected chi connectivity index (χ1v) is 7.72. The van der Waals surface area contributed by atoms with Crippen LogP contribution in [0.5, 0.6) is 0 Å². The third-order valence-electron chi connectivity index (χ3n) is 4.32. The minimum Gasteiger partial charge on any atom is -0.342 e. The monoisotopic (exact) mass is 322 g/mol. The van der Waals surface area contributed by atoms with Crippen molar-refractivity contribution in [2.45, 2.75) is 18.8 Å². The third kappa shape index (κ3) is 2.70. The summed E-state index contributed by atoms with van der Waals surface area (Å²) in [5.74, 6) is 1.46. The van der Waals surface area contributed by atoms with Gasteiger partial charge >= 0.3 is 0 Å². The Hall–Kier alpha value is -0.870. The van der Waals surface area contributed by atoms with Gasteiger partial charge in [-0.25, -0.2) is 0 Å². The molecule has 1 aliphatic carbocycles. The third-order valence-corrected chi connectivity index (χ3v) is 4.81. The molecule has 4 heteroatoms. The van der Waals surface area contributed by atoms with E-state index < -0.39 is 0 Å². The van der Waals surface area contributed by atoms with Gasteiger partial charge in [-0.1, -0.05) is 28.1 Å². The second kappa shape index (κ2) is 5.25. The lowest BCUT2D eigenvalue weighted by atomic mass is 10.1. The summed E-state index contributed by atoms with van der Waals surface area (Å²) in [5, 5.41) is 0. The quantitative estimate of drug-likeness (QED) is 0.928. The largest absolute Gasteiger partial charge is 0.342 e. The molecule has 3 rings (SSSR count). The van der Waals surface area contributed by atoms with Crippen LogP contribution in [0.2, 0.25) is 0 Å². The molecule has 0 unspecified atom stereocenters. The highest BCUT2D eigenvalue weighted by Crippen LogP contribution is 2.49. The maximum absolute atomic E-state index is 12.4. The fourth-order valence-electron chi connectivity index (χ4n) is 3.03. The van der Waals surface area contributed by atoms with Crippen molar-refractivity contribution < 1.29 is 4.79 Å². The van der Waals surface area contributed by atoms with Crippen LogP contribution in [0.4, 0.5) is 0 Å². The number of halogens is 1. The lowest BCUT2D eigenvalue weighted by molar-refractivity contribution is -0.131. The Balaban J connectivity index is 1.62. The zero-order valence-corrected chi connectivity index (χ0v) is 12.5. The standard InChI is InChI=1S/C15H19BrN2O/c16-12-3-1-2-11(6-12)13-7-14(13)15(19)18-5-4-10(8-17)9-18/h1-3,6,10,13-14H,4-5,7-9,17H2/t10-,13-,14+/m0/s1. The van der Waals surface area contributed by atoms with E-state index in [0.717, 1.165) is 30.4 Å². The number of nitrogens with zero attached hydrogens (tertiary/aromatic N) is 1. The summed E-state index contributed by atoms with van der Waals surface area (Å²) in [6.45, 7) is 2.45. The van der Waals surface area contributed by atoms with E-state index >= 15 is 0 Å². The van der Waals surface area contributed by atoms with E-state index in [1.165, 1.54) is 5.56 Å². The zero-order valence-electron chi connectivity index (χ0n) is 10.9. The van der Waals surface area contributed by atoms with Crippen LogP contribution in [0.25, 0.3) is 0 Å². The molecule has 1 saturated carbocycles. The predicted octanol–water partition coefficient (Wildman–Crippen LogP) is 2.36. The number of likely N-dealkylation sites (tertiary alicyclic amines) is 1. The van der Waals surface area contributed by atoms with E-state index in [9.17, 15) is 4.79 Å². The first-order chi connectivity index (χ1) is 9.19. The first kappa shape index (κ1) is 13.1. The van der Waals surface area contributed by atoms with Gasteiger partial charge in [0, 0.05) is 23.5 Å². The summed E-state index contributed by atoms with van der Waals surface area (Å²) in [6, 6.07) is 8.31. The van der Waals surface area contributed by atoms with Gasteiger partial charge in [0.2, 0.25) is 5.91 Å². The number of hydrogen-bond acceptors (Lipinski definition) is 2. The van der Waals surface area contributed by atoms with Gasteiger partial charge in [0.05, 0.1) is 0 Å². The summed E-state index contributed by atoms with van der Waals surface area (Å²) in [6.07, 6.45) is 2.07. The van der Waals surface area contributed by atoms with E-state index in [-0.39, 0.29) is 5.92 Å². The van der Waals surface area contributed by atoms with Gasteiger partial charge in [-0.3, -0.25) is 4.79 Å². The molecular weight excluding hydrogens is 304 g/mol. The van der Waals surface area contributed by atoms with Crippen molar-refractivity contribution in [2.24, 2.45) is 17.6 Å². The fraction of sp³-hybridized carbons (Fsp3) is 0.533. The summed E-state index contributed by atoms with van der Waals surface area (Å²) in [5.41, 5.74) is 6.96. The van der Waals surface area contributed by atoms with Crippen molar-refractivity contribution in [2.75, 3.05) is 19.6 Å². The molecule has 0 radical (unpaired) electrons. The van der Waals surface area contributed by atoms with Gasteiger partial charge in [-0.15, -0.1) is 0 Å². The van der Waals surface area contributed by atoms with E-state index in [1.54, 1.807) is 0 Å². The molecule has 102 valence electrons. The van der Waals surface area contributed by atoms with Gasteiger partial charge in [-0.2, -0.15) is 0 Å². The minimum absolute atomic E-state index is 0.200. The highest BCUT2D eigenvalue weighted by atomic mass is 79.9. The van der Waals surface area contributed by atoms with Gasteiger partial charge in [0.15, 0.2) is 0 Å². The van der Waals surface area contributed by atoms with Crippen LogP contribution in [0.1, 0.15) is 24.3 Å². The van der Waals surface area contributed by atoms with Crippen LogP contribution >= 0.6 is 15.9 Å². The Bertz CT molecular complexity index is 491. The van der Waals surface area contributed by atoms with Gasteiger partial charge < -0.3 is 10.6 Å². The van der Waals surface area contributed by atoms with Crippen LogP contribution < -0.4 is 5.73 Å². The highest BCUT2D eigenvalue weighted by molar-refractivity contribution is 9.10. The van der Waals surface area contributed by atoms with Gasteiger partial charge in [-0.05, 0) is 48.9 Å². The number of carbonyl (C=O) groups excluding carboxylic acids is 1. The van der Waals surface area contributed by atoms with Gasteiger partial charge in [0.25, 0.3) is 0 Å². The molecule has 3 atom stereocenters. The predicted molar refractivity (Wildman–Crippen MR) is 78.7 cm³/mol. The molecule has 1 heterocycles. The summed E-state index contributed by atoms with van der Waals surface area (Å²) in [7, 11) is 0. The van der Waals surface area contributed by atoms with Crippen LogP contribution in [0.3, 0.4) is 0 Å². The van der Waals surface area contributed by atoms with E-state index in [4.69, 9.17) is 5.73 Å². The van der Waals surface area contributed by atoms with E-state index in [2.05, 4.69) is 28.1 Å². The SMILES string of the molecule is NC[C@@H]1CCN(C(=O)[C@@H]2C[C@H]2c2cccc(Br)c2)C1. The number of hydrogen-bond donors (Lipinski definition) is 1. The molecular formula is C15H19BrN2O. The van der Waals surface area contributed by atoms with Crippen LogP contribution in [0, 0.1) is 11.8 Å². The molecule has 3 nitrogen and oxygen atoms in total. The number of benzene rings is 1. The molecule has 1 aromatic carbocycles. The maximum Gasteiger partial charge on any atom is 0.226 e. The second-order valence-electron chi connectivity index (χ2n) is 5.68. The molecule has 2 N–H and O–H groups in total. The topological polar surface area (TPSA) is 46.3 Å². The lowest BCUT2D eigenvalue weighted by Crippen LogP contribution is -2.31. The molecule has 1 aliphatic heterocycles. The van der Waals surface area contributed by atoms with E-state index in [0.29, 0.717) is 24.3 Å². The maximum atomic E-state index is 12.4. The Kier molecular flexibility index (Phi) is 3.63. The minimum atomic E-state index is 0.200. The molecule has 1 saturated heterocycles. The Morgan fingerprint density at radius 1 is 1.47 bits per heavy atom. The average Bonchev–Trinajstić information content (AvgIpc) is 3.07. The highest BCUT2D eigenvalue weighted by Gasteiger charge is 2.46. The first-order valence-electron chi connectivity index (χ1n) is 6.93. The summed E-state index contributed by atoms with van der Waals surface area (Å²) in [4.78, 5) is 14.4. The molecule has 0 bridgehead atoms. The number of carbonyl (C=O) groups is 1. The number of amides is 1. The summed E-state index contributed by atoms with van der Waals surface area (Å²) < 4.78 is 1.09. The number of rotatable bonds is 3. The molecule has 2 fully saturated rings. The smallest absolute Gasteiger partial charge is 0.226 e. The van der Waals surface area contributed by atoms with Gasteiger partial charge in [0.1, 0.15) is 0 Å². The zero-order chi connectivity index (χ0) is 13.4. The molecule has 2 aliphatic rings. The molecule has 0 aromatic heterocycles. The molecule has 1 aromatic rings. The fourth-order valence-corrected chi connectivity index (χ4v) is 3.45. The van der Waals surface area contributed by atoms with E-state index in [1.807, 2.05) is 17.0 Å². The summed E-state index contributed by atoms with van der Waals surface area (Å²) >= 11 is 3.49. The average molecular weight is 323 g/mol. The Morgan fingerprint density at radius 2 is 2.32 bits per heavy atom. The Labute approximate surface area is 122 Å². The van der Waals surface area contributed by atoms with Crippen molar-refractivity contribution in [1.29, 1.82) is 0 Å². The van der Waals surface area contributed by atoms with Crippen molar-refractivity contribution >= 4 is 21.8 Å². The van der Waals surface area contributed by atoms with Crippen molar-refractivity contribution in [3.05, 3.63) is 34.3 Å². The van der Waals surface area contributed by atoms with Crippen molar-refractivity contribution in [3.8, 4) is 0 Å². The van der Waals surface area contributed by atoms with Crippen LogP contribution in [-0.4, -0.2) is 30.4 Å². The van der Waals surface area contributed by atoms with Crippen LogP contribution in [-0.2, 0) is 4.79 Å². The normalized spacial score (nSPS) is 29.6. The second-order valence-corrected chi connectivity index (χ2v) is 6.59. The number of nitrogens with two attached hydrogens (primary N) is 1. The lowest BCUT2D eigenvalue weighted by Gasteiger charge is -2.16. The molecule has 0 spiro atoms. The Morgan fingerprint density at radius 3 is 3.00 bits per heavy atom. The molecule has 19 heavy (non-hydrogen) atoms.